The minimum atomic E-state index is -0.583. The van der Waals surface area contributed by atoms with Gasteiger partial charge >= 0.3 is 0 Å². The van der Waals surface area contributed by atoms with E-state index in [1.165, 1.54) is 0 Å². The molecule has 4 rings (SSSR count). The monoisotopic (exact) mass is 440 g/mol. The number of piperidine rings is 1. The summed E-state index contributed by atoms with van der Waals surface area (Å²) in [6, 6.07) is 17.6. The summed E-state index contributed by atoms with van der Waals surface area (Å²) in [6.45, 7) is 5.17. The van der Waals surface area contributed by atoms with Crippen LogP contribution in [0.15, 0.2) is 85.8 Å². The standard InChI is InChI=1S/C27H28N4O2/c1-2-13-30-26(33)27(11-17-31(18-12-27)25(32)24-8-3-4-14-29-24)20-21-6-5-7-23(19-21)22-9-15-28-16-10-22/h2-10,14-16,19H,1,11-13,17-18,20H2,(H,30,33). The average Bonchev–Trinajstić information content (AvgIpc) is 2.88. The molecule has 3 aromatic rings. The van der Waals surface area contributed by atoms with E-state index in [9.17, 15) is 9.59 Å². The van der Waals surface area contributed by atoms with Crippen LogP contribution in [0.5, 0.6) is 0 Å². The maximum Gasteiger partial charge on any atom is 0.272 e. The van der Waals surface area contributed by atoms with Crippen LogP contribution in [0.25, 0.3) is 11.1 Å². The number of carbonyl (C=O) groups excluding carboxylic acids is 2. The highest BCUT2D eigenvalue weighted by Gasteiger charge is 2.42. The molecule has 3 heterocycles. The van der Waals surface area contributed by atoms with E-state index in [2.05, 4.69) is 40.1 Å². The summed E-state index contributed by atoms with van der Waals surface area (Å²) in [6.07, 6.45) is 8.67. The number of hydrogen-bond donors (Lipinski definition) is 1. The third-order valence-corrected chi connectivity index (χ3v) is 6.26. The van der Waals surface area contributed by atoms with Crippen molar-refractivity contribution in [1.82, 2.24) is 20.2 Å². The van der Waals surface area contributed by atoms with Crippen LogP contribution >= 0.6 is 0 Å². The smallest absolute Gasteiger partial charge is 0.272 e. The lowest BCUT2D eigenvalue weighted by molar-refractivity contribution is -0.133. The Morgan fingerprint density at radius 1 is 1.00 bits per heavy atom. The quantitative estimate of drug-likeness (QED) is 0.565. The van der Waals surface area contributed by atoms with E-state index < -0.39 is 5.41 Å². The molecule has 2 aromatic heterocycles. The molecule has 6 heteroatoms. The number of amides is 2. The molecule has 1 aliphatic rings. The van der Waals surface area contributed by atoms with Crippen molar-refractivity contribution in [2.45, 2.75) is 19.3 Å². The molecule has 2 amide bonds. The Morgan fingerprint density at radius 3 is 2.48 bits per heavy atom. The molecule has 6 nitrogen and oxygen atoms in total. The van der Waals surface area contributed by atoms with Crippen LogP contribution in [-0.4, -0.2) is 46.3 Å². The highest BCUT2D eigenvalue weighted by molar-refractivity contribution is 5.92. The van der Waals surface area contributed by atoms with Crippen LogP contribution in [0.4, 0.5) is 0 Å². The zero-order valence-corrected chi connectivity index (χ0v) is 18.6. The number of rotatable bonds is 7. The van der Waals surface area contributed by atoms with Gasteiger partial charge in [0.1, 0.15) is 5.69 Å². The fourth-order valence-corrected chi connectivity index (χ4v) is 4.42. The summed E-state index contributed by atoms with van der Waals surface area (Å²) < 4.78 is 0. The van der Waals surface area contributed by atoms with Crippen LogP contribution in [-0.2, 0) is 11.2 Å². The van der Waals surface area contributed by atoms with Gasteiger partial charge in [0.2, 0.25) is 5.91 Å². The molecule has 1 aliphatic heterocycles. The Labute approximate surface area is 194 Å². The Balaban J connectivity index is 1.54. The van der Waals surface area contributed by atoms with E-state index in [0.717, 1.165) is 16.7 Å². The first-order chi connectivity index (χ1) is 16.1. The minimum Gasteiger partial charge on any atom is -0.352 e. The maximum atomic E-state index is 13.3. The summed E-state index contributed by atoms with van der Waals surface area (Å²) in [7, 11) is 0. The molecule has 33 heavy (non-hydrogen) atoms. The van der Waals surface area contributed by atoms with Crippen molar-refractivity contribution in [3.63, 3.8) is 0 Å². The molecular formula is C27H28N4O2. The second-order valence-corrected chi connectivity index (χ2v) is 8.40. The zero-order chi connectivity index (χ0) is 23.1. The molecule has 0 bridgehead atoms. The fourth-order valence-electron chi connectivity index (χ4n) is 4.42. The molecule has 168 valence electrons. The van der Waals surface area contributed by atoms with Gasteiger partial charge < -0.3 is 10.2 Å². The number of pyridine rings is 2. The molecule has 0 atom stereocenters. The van der Waals surface area contributed by atoms with Crippen LogP contribution < -0.4 is 5.32 Å². The Kier molecular flexibility index (Phi) is 6.93. The number of nitrogens with zero attached hydrogens (tertiary/aromatic N) is 3. The fraction of sp³-hybridized carbons (Fsp3) is 0.259. The maximum absolute atomic E-state index is 13.3. The zero-order valence-electron chi connectivity index (χ0n) is 18.6. The first kappa shape index (κ1) is 22.4. The summed E-state index contributed by atoms with van der Waals surface area (Å²) in [5.74, 6) is -0.0722. The Morgan fingerprint density at radius 2 is 1.79 bits per heavy atom. The molecule has 0 spiro atoms. The van der Waals surface area contributed by atoms with E-state index in [1.54, 1.807) is 41.7 Å². The van der Waals surface area contributed by atoms with Gasteiger partial charge in [-0.25, -0.2) is 0 Å². The summed E-state index contributed by atoms with van der Waals surface area (Å²) in [5, 5.41) is 3.00. The van der Waals surface area contributed by atoms with Crippen LogP contribution in [0.2, 0.25) is 0 Å². The van der Waals surface area contributed by atoms with Gasteiger partial charge in [0, 0.05) is 38.2 Å². The van der Waals surface area contributed by atoms with Gasteiger partial charge in [-0.15, -0.1) is 6.58 Å². The van der Waals surface area contributed by atoms with E-state index >= 15 is 0 Å². The number of likely N-dealkylation sites (tertiary alicyclic amines) is 1. The van der Waals surface area contributed by atoms with E-state index in [1.807, 2.05) is 24.3 Å². The van der Waals surface area contributed by atoms with Gasteiger partial charge in [0.15, 0.2) is 0 Å². The van der Waals surface area contributed by atoms with Gasteiger partial charge in [-0.05, 0) is 60.2 Å². The second kappa shape index (κ2) is 10.2. The Hall–Kier alpha value is -3.80. The number of benzene rings is 1. The topological polar surface area (TPSA) is 75.2 Å². The number of carbonyl (C=O) groups is 2. The second-order valence-electron chi connectivity index (χ2n) is 8.40. The van der Waals surface area contributed by atoms with Crippen molar-refractivity contribution in [2.75, 3.05) is 19.6 Å². The first-order valence-electron chi connectivity index (χ1n) is 11.2. The predicted octanol–water partition coefficient (Wildman–Crippen LogP) is 3.91. The average molecular weight is 441 g/mol. The predicted molar refractivity (Wildman–Crippen MR) is 128 cm³/mol. The lowest BCUT2D eigenvalue weighted by Crippen LogP contribution is -2.51. The lowest BCUT2D eigenvalue weighted by atomic mass is 9.72. The van der Waals surface area contributed by atoms with Crippen molar-refractivity contribution in [3.8, 4) is 11.1 Å². The van der Waals surface area contributed by atoms with Gasteiger partial charge in [0.05, 0.1) is 5.41 Å². The highest BCUT2D eigenvalue weighted by atomic mass is 16.2. The van der Waals surface area contributed by atoms with Crippen LogP contribution in [0.1, 0.15) is 28.9 Å². The van der Waals surface area contributed by atoms with Crippen LogP contribution in [0, 0.1) is 5.41 Å². The molecular weight excluding hydrogens is 412 g/mol. The third-order valence-electron chi connectivity index (χ3n) is 6.26. The normalized spacial score (nSPS) is 15.0. The largest absolute Gasteiger partial charge is 0.352 e. The van der Waals surface area contributed by atoms with Gasteiger partial charge in [-0.2, -0.15) is 0 Å². The van der Waals surface area contributed by atoms with Crippen molar-refractivity contribution < 1.29 is 9.59 Å². The highest BCUT2D eigenvalue weighted by Crippen LogP contribution is 2.37. The van der Waals surface area contributed by atoms with Crippen molar-refractivity contribution in [3.05, 3.63) is 97.1 Å². The van der Waals surface area contributed by atoms with E-state index in [4.69, 9.17) is 0 Å². The first-order valence-corrected chi connectivity index (χ1v) is 11.2. The molecule has 0 aliphatic carbocycles. The lowest BCUT2D eigenvalue weighted by Gasteiger charge is -2.40. The number of hydrogen-bond acceptors (Lipinski definition) is 4. The summed E-state index contributed by atoms with van der Waals surface area (Å²) in [5.41, 5.74) is 3.14. The number of nitrogens with one attached hydrogen (secondary N) is 1. The van der Waals surface area contributed by atoms with Crippen molar-refractivity contribution >= 4 is 11.8 Å². The SMILES string of the molecule is C=CCNC(=O)C1(Cc2cccc(-c3ccncc3)c2)CCN(C(=O)c2ccccn2)CC1. The molecule has 0 unspecified atom stereocenters. The van der Waals surface area contributed by atoms with Gasteiger partial charge in [0.25, 0.3) is 5.91 Å². The molecule has 1 fully saturated rings. The summed E-state index contributed by atoms with van der Waals surface area (Å²) in [4.78, 5) is 36.2. The minimum absolute atomic E-state index is 0.0154. The van der Waals surface area contributed by atoms with E-state index in [0.29, 0.717) is 44.6 Å². The Bertz CT molecular complexity index is 1110. The molecule has 1 aromatic carbocycles. The van der Waals surface area contributed by atoms with Gasteiger partial charge in [-0.3, -0.25) is 19.6 Å². The molecule has 0 saturated carbocycles. The van der Waals surface area contributed by atoms with Crippen molar-refractivity contribution in [2.24, 2.45) is 5.41 Å². The molecule has 0 radical (unpaired) electrons. The summed E-state index contributed by atoms with van der Waals surface area (Å²) >= 11 is 0. The molecule has 1 N–H and O–H groups in total. The molecule has 1 saturated heterocycles. The number of aromatic nitrogens is 2. The van der Waals surface area contributed by atoms with Crippen molar-refractivity contribution in [1.29, 1.82) is 0 Å². The van der Waals surface area contributed by atoms with Crippen LogP contribution in [0.3, 0.4) is 0 Å². The van der Waals surface area contributed by atoms with Gasteiger partial charge in [-0.1, -0.05) is 36.4 Å². The van der Waals surface area contributed by atoms with E-state index in [-0.39, 0.29) is 11.8 Å². The third kappa shape index (κ3) is 5.17.